The minimum absolute atomic E-state index is 0.725. The van der Waals surface area contributed by atoms with Gasteiger partial charge in [-0.05, 0) is 29.3 Å². The average molecular weight is 249 g/mol. The summed E-state index contributed by atoms with van der Waals surface area (Å²) in [6, 6.07) is 17.4. The van der Waals surface area contributed by atoms with Crippen LogP contribution in [0, 0.1) is 0 Å². The van der Waals surface area contributed by atoms with E-state index in [4.69, 9.17) is 23.2 Å². The molecule has 0 aliphatic rings. The fourth-order valence-corrected chi connectivity index (χ4v) is 1.76. The van der Waals surface area contributed by atoms with E-state index in [1.54, 1.807) is 0 Å². The van der Waals surface area contributed by atoms with Gasteiger partial charge in [-0.2, -0.15) is 0 Å². The fraction of sp³-hybridized carbons (Fsp3) is 0. The maximum atomic E-state index is 6.21. The quantitative estimate of drug-likeness (QED) is 0.651. The van der Waals surface area contributed by atoms with Gasteiger partial charge in [-0.3, -0.25) is 0 Å². The molecule has 0 aliphatic heterocycles. The van der Waals surface area contributed by atoms with Gasteiger partial charge in [0.15, 0.2) is 0 Å². The molecule has 0 spiro atoms. The van der Waals surface area contributed by atoms with Gasteiger partial charge in [-0.25, -0.2) is 0 Å². The maximum absolute atomic E-state index is 6.21. The zero-order valence-electron chi connectivity index (χ0n) is 8.53. The van der Waals surface area contributed by atoms with Crippen molar-refractivity contribution in [3.8, 4) is 0 Å². The third-order valence-corrected chi connectivity index (χ3v) is 2.79. The van der Waals surface area contributed by atoms with Crippen LogP contribution in [0.4, 0.5) is 0 Å². The Hall–Kier alpha value is -1.24. The van der Waals surface area contributed by atoms with Gasteiger partial charge in [-0.1, -0.05) is 65.7 Å². The monoisotopic (exact) mass is 248 g/mol. The first-order valence-electron chi connectivity index (χ1n) is 4.94. The zero-order chi connectivity index (χ0) is 11.4. The van der Waals surface area contributed by atoms with Gasteiger partial charge in [0.1, 0.15) is 0 Å². The number of hydrogen-bond donors (Lipinski definition) is 0. The number of hydrogen-bond acceptors (Lipinski definition) is 0. The van der Waals surface area contributed by atoms with Crippen LogP contribution < -0.4 is 0 Å². The highest BCUT2D eigenvalue weighted by molar-refractivity contribution is 6.51. The Labute approximate surface area is 105 Å². The first-order valence-corrected chi connectivity index (χ1v) is 5.69. The molecule has 0 aromatic heterocycles. The largest absolute Gasteiger partial charge is 0.0843 e. The van der Waals surface area contributed by atoms with Crippen molar-refractivity contribution in [2.24, 2.45) is 0 Å². The predicted octanol–water partition coefficient (Wildman–Crippen LogP) is 5.08. The topological polar surface area (TPSA) is 0 Å². The Bertz CT molecular complexity index is 484. The van der Waals surface area contributed by atoms with Gasteiger partial charge in [0, 0.05) is 10.1 Å². The van der Waals surface area contributed by atoms with Crippen LogP contribution in [-0.2, 0) is 0 Å². The smallest absolute Gasteiger partial charge is 0.0484 e. The lowest BCUT2D eigenvalue weighted by atomic mass is 10.1. The van der Waals surface area contributed by atoms with E-state index in [9.17, 15) is 0 Å². The van der Waals surface area contributed by atoms with Crippen molar-refractivity contribution < 1.29 is 0 Å². The second-order valence-corrected chi connectivity index (χ2v) is 4.25. The molecule has 0 fully saturated rings. The highest BCUT2D eigenvalue weighted by atomic mass is 35.5. The number of rotatable bonds is 2. The van der Waals surface area contributed by atoms with Crippen LogP contribution in [-0.4, -0.2) is 0 Å². The average Bonchev–Trinajstić information content (AvgIpc) is 2.33. The van der Waals surface area contributed by atoms with Crippen molar-refractivity contribution in [3.63, 3.8) is 0 Å². The summed E-state index contributed by atoms with van der Waals surface area (Å²) in [5.41, 5.74) is 2.05. The van der Waals surface area contributed by atoms with Gasteiger partial charge in [0.25, 0.3) is 0 Å². The van der Waals surface area contributed by atoms with Crippen LogP contribution in [0.25, 0.3) is 11.1 Å². The van der Waals surface area contributed by atoms with E-state index in [1.807, 2.05) is 60.7 Å². The van der Waals surface area contributed by atoms with Crippen molar-refractivity contribution in [2.75, 3.05) is 0 Å². The molecular weight excluding hydrogens is 239 g/mol. The molecule has 0 aliphatic carbocycles. The summed E-state index contributed by atoms with van der Waals surface area (Å²) < 4.78 is 0. The van der Waals surface area contributed by atoms with Crippen molar-refractivity contribution >= 4 is 34.3 Å². The Kier molecular flexibility index (Phi) is 3.66. The molecule has 0 nitrogen and oxygen atoms in total. The van der Waals surface area contributed by atoms with E-state index in [0.717, 1.165) is 21.2 Å². The van der Waals surface area contributed by atoms with Crippen molar-refractivity contribution in [3.05, 3.63) is 70.7 Å². The van der Waals surface area contributed by atoms with Crippen LogP contribution in [0.1, 0.15) is 11.1 Å². The van der Waals surface area contributed by atoms with Crippen LogP contribution in [0.2, 0.25) is 5.02 Å². The molecule has 2 aromatic rings. The minimum Gasteiger partial charge on any atom is -0.0843 e. The van der Waals surface area contributed by atoms with E-state index in [1.165, 1.54) is 0 Å². The van der Waals surface area contributed by atoms with Gasteiger partial charge >= 0.3 is 0 Å². The van der Waals surface area contributed by atoms with Crippen LogP contribution in [0.3, 0.4) is 0 Å². The lowest BCUT2D eigenvalue weighted by Crippen LogP contribution is -1.76. The molecule has 0 saturated heterocycles. The third kappa shape index (κ3) is 2.88. The molecule has 80 valence electrons. The molecular formula is C14H10Cl2. The van der Waals surface area contributed by atoms with Crippen LogP contribution >= 0.6 is 23.2 Å². The van der Waals surface area contributed by atoms with E-state index in [-0.39, 0.29) is 0 Å². The predicted molar refractivity (Wildman–Crippen MR) is 71.6 cm³/mol. The summed E-state index contributed by atoms with van der Waals surface area (Å²) in [5, 5.41) is 1.45. The number of benzene rings is 2. The first kappa shape index (κ1) is 11.3. The summed E-state index contributed by atoms with van der Waals surface area (Å²) >= 11 is 12.0. The van der Waals surface area contributed by atoms with Crippen molar-refractivity contribution in [1.29, 1.82) is 0 Å². The summed E-state index contributed by atoms with van der Waals surface area (Å²) in [6.45, 7) is 0. The second-order valence-electron chi connectivity index (χ2n) is 3.41. The van der Waals surface area contributed by atoms with Gasteiger partial charge in [0.05, 0.1) is 0 Å². The normalized spacial score (nSPS) is 11.5. The van der Waals surface area contributed by atoms with Crippen molar-refractivity contribution in [1.82, 2.24) is 0 Å². The lowest BCUT2D eigenvalue weighted by Gasteiger charge is -1.99. The molecule has 0 atom stereocenters. The highest BCUT2D eigenvalue weighted by Gasteiger charge is 1.97. The van der Waals surface area contributed by atoms with Crippen LogP contribution in [0.15, 0.2) is 54.6 Å². The third-order valence-electron chi connectivity index (χ3n) is 2.21. The molecule has 0 bridgehead atoms. The SMILES string of the molecule is ClC(=Cc1ccc(Cl)cc1)c1ccccc1. The highest BCUT2D eigenvalue weighted by Crippen LogP contribution is 2.22. The molecule has 0 amide bonds. The molecule has 0 heterocycles. The fourth-order valence-electron chi connectivity index (χ4n) is 1.39. The summed E-state index contributed by atoms with van der Waals surface area (Å²) in [6.07, 6.45) is 1.92. The standard InChI is InChI=1S/C14H10Cl2/c15-13-8-6-11(7-9-13)10-14(16)12-4-2-1-3-5-12/h1-10H. The first-order chi connectivity index (χ1) is 7.75. The molecule has 2 heteroatoms. The second kappa shape index (κ2) is 5.20. The minimum atomic E-state index is 0.725. The molecule has 2 rings (SSSR count). The Balaban J connectivity index is 2.28. The van der Waals surface area contributed by atoms with Crippen LogP contribution in [0.5, 0.6) is 0 Å². The zero-order valence-corrected chi connectivity index (χ0v) is 10.0. The molecule has 0 saturated carbocycles. The van der Waals surface area contributed by atoms with E-state index in [2.05, 4.69) is 0 Å². The van der Waals surface area contributed by atoms with E-state index in [0.29, 0.717) is 0 Å². The molecule has 2 aromatic carbocycles. The van der Waals surface area contributed by atoms with Gasteiger partial charge in [0.2, 0.25) is 0 Å². The lowest BCUT2D eigenvalue weighted by molar-refractivity contribution is 1.64. The maximum Gasteiger partial charge on any atom is 0.0484 e. The molecule has 0 unspecified atom stereocenters. The van der Waals surface area contributed by atoms with Gasteiger partial charge < -0.3 is 0 Å². The van der Waals surface area contributed by atoms with E-state index >= 15 is 0 Å². The molecule has 16 heavy (non-hydrogen) atoms. The Morgan fingerprint density at radius 1 is 0.875 bits per heavy atom. The van der Waals surface area contributed by atoms with Crippen molar-refractivity contribution in [2.45, 2.75) is 0 Å². The summed E-state index contributed by atoms with van der Waals surface area (Å²) in [7, 11) is 0. The summed E-state index contributed by atoms with van der Waals surface area (Å²) in [4.78, 5) is 0. The molecule has 0 radical (unpaired) electrons. The number of halogens is 2. The van der Waals surface area contributed by atoms with E-state index < -0.39 is 0 Å². The summed E-state index contributed by atoms with van der Waals surface area (Å²) in [5.74, 6) is 0. The Morgan fingerprint density at radius 2 is 1.50 bits per heavy atom. The molecule has 0 N–H and O–H groups in total. The van der Waals surface area contributed by atoms with Gasteiger partial charge in [-0.15, -0.1) is 0 Å². The Morgan fingerprint density at radius 3 is 2.12 bits per heavy atom.